The molecule has 1 aromatic carbocycles. The van der Waals surface area contributed by atoms with Crippen LogP contribution in [0.15, 0.2) is 36.5 Å². The molecule has 6 heteroatoms. The molecule has 0 radical (unpaired) electrons. The Kier molecular flexibility index (Phi) is 3.82. The Hall–Kier alpha value is -3.07. The number of rotatable bonds is 4. The van der Waals surface area contributed by atoms with E-state index in [0.29, 0.717) is 22.7 Å². The normalized spacial score (nSPS) is 9.60. The SMILES string of the molecule is COc1cccc(C#N)c1Nc1ccnc(C(=O)O)c1. The molecule has 1 heterocycles. The van der Waals surface area contributed by atoms with Gasteiger partial charge < -0.3 is 15.2 Å². The van der Waals surface area contributed by atoms with Gasteiger partial charge in [-0.05, 0) is 24.3 Å². The maximum absolute atomic E-state index is 10.9. The van der Waals surface area contributed by atoms with E-state index in [4.69, 9.17) is 15.1 Å². The first kappa shape index (κ1) is 13.4. The fourth-order valence-electron chi connectivity index (χ4n) is 1.69. The summed E-state index contributed by atoms with van der Waals surface area (Å²) < 4.78 is 5.19. The van der Waals surface area contributed by atoms with Crippen molar-refractivity contribution in [2.45, 2.75) is 0 Å². The minimum atomic E-state index is -1.12. The van der Waals surface area contributed by atoms with Crippen LogP contribution in [-0.2, 0) is 0 Å². The molecule has 0 aliphatic heterocycles. The fourth-order valence-corrected chi connectivity index (χ4v) is 1.69. The van der Waals surface area contributed by atoms with Crippen LogP contribution < -0.4 is 10.1 Å². The van der Waals surface area contributed by atoms with Gasteiger partial charge in [0.15, 0.2) is 0 Å². The van der Waals surface area contributed by atoms with E-state index in [1.807, 2.05) is 0 Å². The van der Waals surface area contributed by atoms with Crippen molar-refractivity contribution in [2.75, 3.05) is 12.4 Å². The third-order valence-corrected chi connectivity index (χ3v) is 2.61. The molecule has 0 bridgehead atoms. The largest absolute Gasteiger partial charge is 0.495 e. The first-order valence-corrected chi connectivity index (χ1v) is 5.69. The van der Waals surface area contributed by atoms with Gasteiger partial charge >= 0.3 is 5.97 Å². The van der Waals surface area contributed by atoms with Gasteiger partial charge in [-0.2, -0.15) is 5.26 Å². The van der Waals surface area contributed by atoms with E-state index >= 15 is 0 Å². The van der Waals surface area contributed by atoms with Gasteiger partial charge in [0.2, 0.25) is 0 Å². The molecule has 2 rings (SSSR count). The van der Waals surface area contributed by atoms with Crippen molar-refractivity contribution >= 4 is 17.3 Å². The van der Waals surface area contributed by atoms with Gasteiger partial charge in [0.05, 0.1) is 18.4 Å². The quantitative estimate of drug-likeness (QED) is 0.884. The minimum Gasteiger partial charge on any atom is -0.495 e. The minimum absolute atomic E-state index is 0.0802. The topological polar surface area (TPSA) is 95.2 Å². The maximum Gasteiger partial charge on any atom is 0.354 e. The number of pyridine rings is 1. The Balaban J connectivity index is 2.42. The van der Waals surface area contributed by atoms with Crippen molar-refractivity contribution in [1.29, 1.82) is 5.26 Å². The molecule has 100 valence electrons. The van der Waals surface area contributed by atoms with Gasteiger partial charge in [0.25, 0.3) is 0 Å². The molecule has 2 aromatic rings. The van der Waals surface area contributed by atoms with E-state index in [1.54, 1.807) is 24.3 Å². The highest BCUT2D eigenvalue weighted by atomic mass is 16.5. The molecule has 0 saturated heterocycles. The molecule has 0 fully saturated rings. The molecule has 0 aliphatic rings. The highest BCUT2D eigenvalue weighted by Gasteiger charge is 2.11. The van der Waals surface area contributed by atoms with Crippen LogP contribution in [0.1, 0.15) is 16.1 Å². The van der Waals surface area contributed by atoms with E-state index in [-0.39, 0.29) is 5.69 Å². The van der Waals surface area contributed by atoms with E-state index in [0.717, 1.165) is 0 Å². The van der Waals surface area contributed by atoms with Crippen LogP contribution in [0.2, 0.25) is 0 Å². The standard InChI is InChI=1S/C14H11N3O3/c1-20-12-4-2-3-9(8-15)13(12)17-10-5-6-16-11(7-10)14(18)19/h2-7H,1H3,(H,16,17)(H,18,19). The molecule has 20 heavy (non-hydrogen) atoms. The molecule has 2 N–H and O–H groups in total. The smallest absolute Gasteiger partial charge is 0.354 e. The van der Waals surface area contributed by atoms with Crippen LogP contribution in [0.25, 0.3) is 0 Å². The predicted molar refractivity (Wildman–Crippen MR) is 72.2 cm³/mol. The Morgan fingerprint density at radius 3 is 2.90 bits per heavy atom. The molecule has 0 unspecified atom stereocenters. The van der Waals surface area contributed by atoms with E-state index < -0.39 is 5.97 Å². The molecule has 0 atom stereocenters. The molecular formula is C14H11N3O3. The first-order chi connectivity index (χ1) is 9.65. The lowest BCUT2D eigenvalue weighted by molar-refractivity contribution is 0.0690. The molecule has 0 amide bonds. The molecule has 0 aliphatic carbocycles. The Morgan fingerprint density at radius 1 is 1.45 bits per heavy atom. The van der Waals surface area contributed by atoms with Crippen molar-refractivity contribution in [3.05, 3.63) is 47.8 Å². The van der Waals surface area contributed by atoms with Crippen LogP contribution in [0.3, 0.4) is 0 Å². The molecular weight excluding hydrogens is 258 g/mol. The number of benzene rings is 1. The summed E-state index contributed by atoms with van der Waals surface area (Å²) >= 11 is 0. The lowest BCUT2D eigenvalue weighted by atomic mass is 10.1. The van der Waals surface area contributed by atoms with Crippen LogP contribution >= 0.6 is 0 Å². The number of methoxy groups -OCH3 is 1. The number of carboxylic acid groups (broad SMARTS) is 1. The summed E-state index contributed by atoms with van der Waals surface area (Å²) in [5.41, 5.74) is 1.32. The number of aromatic carboxylic acids is 1. The molecule has 0 saturated carbocycles. The lowest BCUT2D eigenvalue weighted by Crippen LogP contribution is -2.02. The fraction of sp³-hybridized carbons (Fsp3) is 0.0714. The number of para-hydroxylation sites is 1. The predicted octanol–water partition coefficient (Wildman–Crippen LogP) is 2.40. The van der Waals surface area contributed by atoms with Crippen molar-refractivity contribution in [2.24, 2.45) is 0 Å². The van der Waals surface area contributed by atoms with Crippen molar-refractivity contribution in [3.63, 3.8) is 0 Å². The van der Waals surface area contributed by atoms with Crippen LogP contribution in [0, 0.1) is 11.3 Å². The van der Waals surface area contributed by atoms with Gasteiger partial charge in [-0.25, -0.2) is 9.78 Å². The van der Waals surface area contributed by atoms with E-state index in [2.05, 4.69) is 16.4 Å². The summed E-state index contributed by atoms with van der Waals surface area (Å²) in [6.45, 7) is 0. The average Bonchev–Trinajstić information content (AvgIpc) is 2.47. The number of aromatic nitrogens is 1. The summed E-state index contributed by atoms with van der Waals surface area (Å²) in [7, 11) is 1.50. The summed E-state index contributed by atoms with van der Waals surface area (Å²) in [4.78, 5) is 14.6. The summed E-state index contributed by atoms with van der Waals surface area (Å²) in [5, 5.41) is 21.0. The van der Waals surface area contributed by atoms with Crippen molar-refractivity contribution in [1.82, 2.24) is 4.98 Å². The van der Waals surface area contributed by atoms with Gasteiger partial charge in [-0.1, -0.05) is 6.07 Å². The molecule has 0 spiro atoms. The number of hydrogen-bond donors (Lipinski definition) is 2. The average molecular weight is 269 g/mol. The zero-order chi connectivity index (χ0) is 14.5. The van der Waals surface area contributed by atoms with E-state index in [9.17, 15) is 4.79 Å². The maximum atomic E-state index is 10.9. The Morgan fingerprint density at radius 2 is 2.25 bits per heavy atom. The number of ether oxygens (including phenoxy) is 1. The first-order valence-electron chi connectivity index (χ1n) is 5.69. The second-order valence-corrected chi connectivity index (χ2v) is 3.85. The van der Waals surface area contributed by atoms with Crippen LogP contribution in [-0.4, -0.2) is 23.2 Å². The lowest BCUT2D eigenvalue weighted by Gasteiger charge is -2.12. The zero-order valence-corrected chi connectivity index (χ0v) is 10.6. The third kappa shape index (κ3) is 2.67. The van der Waals surface area contributed by atoms with E-state index in [1.165, 1.54) is 19.4 Å². The molecule has 6 nitrogen and oxygen atoms in total. The van der Waals surface area contributed by atoms with Crippen molar-refractivity contribution < 1.29 is 14.6 Å². The second kappa shape index (κ2) is 5.71. The zero-order valence-electron chi connectivity index (χ0n) is 10.6. The Labute approximate surface area is 115 Å². The Bertz CT molecular complexity index is 692. The van der Waals surface area contributed by atoms with Gasteiger partial charge in [0, 0.05) is 11.9 Å². The highest BCUT2D eigenvalue weighted by molar-refractivity contribution is 5.87. The highest BCUT2D eigenvalue weighted by Crippen LogP contribution is 2.30. The number of carbonyl (C=O) groups is 1. The molecule has 1 aromatic heterocycles. The number of carboxylic acids is 1. The monoisotopic (exact) mass is 269 g/mol. The van der Waals surface area contributed by atoms with Crippen molar-refractivity contribution in [3.8, 4) is 11.8 Å². The number of nitrogens with one attached hydrogen (secondary N) is 1. The van der Waals surface area contributed by atoms with Crippen LogP contribution in [0.4, 0.5) is 11.4 Å². The van der Waals surface area contributed by atoms with Gasteiger partial charge in [0.1, 0.15) is 17.5 Å². The summed E-state index contributed by atoms with van der Waals surface area (Å²) in [5.74, 6) is -0.619. The number of hydrogen-bond acceptors (Lipinski definition) is 5. The van der Waals surface area contributed by atoms with Gasteiger partial charge in [-0.3, -0.25) is 0 Å². The summed E-state index contributed by atoms with van der Waals surface area (Å²) in [6.07, 6.45) is 1.38. The number of anilines is 2. The number of nitriles is 1. The second-order valence-electron chi connectivity index (χ2n) is 3.85. The third-order valence-electron chi connectivity index (χ3n) is 2.61. The van der Waals surface area contributed by atoms with Gasteiger partial charge in [-0.15, -0.1) is 0 Å². The van der Waals surface area contributed by atoms with Crippen LogP contribution in [0.5, 0.6) is 5.75 Å². The number of nitrogens with zero attached hydrogens (tertiary/aromatic N) is 2. The summed E-state index contributed by atoms with van der Waals surface area (Å²) in [6, 6.07) is 10.1.